The molecule has 0 N–H and O–H groups in total. The van der Waals surface area contributed by atoms with Gasteiger partial charge in [0.05, 0.1) is 6.10 Å². The van der Waals surface area contributed by atoms with Gasteiger partial charge >= 0.3 is 0 Å². The van der Waals surface area contributed by atoms with Crippen LogP contribution in [0, 0.1) is 5.92 Å². The molecule has 1 aliphatic carbocycles. The zero-order valence-electron chi connectivity index (χ0n) is 17.2. The first-order valence-corrected chi connectivity index (χ1v) is 12.9. The molecule has 3 heteroatoms. The van der Waals surface area contributed by atoms with Crippen LogP contribution in [-0.2, 0) is 9.22 Å². The Bertz CT molecular complexity index is 432. The van der Waals surface area contributed by atoms with E-state index in [1.807, 2.05) is 0 Å². The number of ketones is 1. The number of Topliss-reactive ketones (excluding diaryl/α,β-unsaturated/α-hetero) is 1. The SMILES string of the molecule is CCCCCC[C@H](O[Si](C)(C)C(C)(C)C)C1=CC[C@@H](C(C)=O)CC1. The van der Waals surface area contributed by atoms with Crippen molar-refractivity contribution in [1.82, 2.24) is 0 Å². The molecular formula is C21H40O2Si. The minimum Gasteiger partial charge on any atom is -0.410 e. The van der Waals surface area contributed by atoms with Gasteiger partial charge in [0.2, 0.25) is 0 Å². The van der Waals surface area contributed by atoms with Gasteiger partial charge in [-0.3, -0.25) is 4.79 Å². The maximum absolute atomic E-state index is 11.6. The van der Waals surface area contributed by atoms with E-state index in [1.165, 1.54) is 31.3 Å². The first-order valence-electron chi connectivity index (χ1n) is 9.95. The van der Waals surface area contributed by atoms with Crippen LogP contribution in [0.1, 0.15) is 86.0 Å². The van der Waals surface area contributed by atoms with E-state index in [-0.39, 0.29) is 17.1 Å². The molecule has 0 amide bonds. The van der Waals surface area contributed by atoms with Crippen LogP contribution in [0.15, 0.2) is 11.6 Å². The fraction of sp³-hybridized carbons (Fsp3) is 0.857. The van der Waals surface area contributed by atoms with Crippen molar-refractivity contribution in [2.45, 2.75) is 110 Å². The fourth-order valence-electron chi connectivity index (χ4n) is 3.13. The highest BCUT2D eigenvalue weighted by Gasteiger charge is 2.40. The van der Waals surface area contributed by atoms with Gasteiger partial charge in [-0.15, -0.1) is 0 Å². The van der Waals surface area contributed by atoms with Gasteiger partial charge < -0.3 is 4.43 Å². The quantitative estimate of drug-likeness (QED) is 0.263. The van der Waals surface area contributed by atoms with E-state index >= 15 is 0 Å². The Morgan fingerprint density at radius 2 is 1.96 bits per heavy atom. The Kier molecular flexibility index (Phi) is 8.41. The average Bonchev–Trinajstić information content (AvgIpc) is 2.49. The van der Waals surface area contributed by atoms with Crippen molar-refractivity contribution < 1.29 is 9.22 Å². The number of unbranched alkanes of at least 4 members (excludes halogenated alkanes) is 3. The van der Waals surface area contributed by atoms with E-state index in [9.17, 15) is 4.79 Å². The van der Waals surface area contributed by atoms with Gasteiger partial charge in [-0.25, -0.2) is 0 Å². The van der Waals surface area contributed by atoms with Gasteiger partial charge in [0.25, 0.3) is 0 Å². The summed E-state index contributed by atoms with van der Waals surface area (Å²) in [5.74, 6) is 0.581. The minimum absolute atomic E-state index is 0.238. The summed E-state index contributed by atoms with van der Waals surface area (Å²) < 4.78 is 6.80. The molecule has 0 unspecified atom stereocenters. The van der Waals surface area contributed by atoms with E-state index in [0.29, 0.717) is 5.78 Å². The summed E-state index contributed by atoms with van der Waals surface area (Å²) in [6, 6.07) is 0. The highest BCUT2D eigenvalue weighted by Crippen LogP contribution is 2.40. The molecule has 1 aliphatic rings. The summed E-state index contributed by atoms with van der Waals surface area (Å²) in [5, 5.41) is 0.242. The molecule has 140 valence electrons. The first-order chi connectivity index (χ1) is 11.1. The molecule has 0 radical (unpaired) electrons. The number of rotatable bonds is 9. The zero-order valence-corrected chi connectivity index (χ0v) is 18.2. The van der Waals surface area contributed by atoms with Gasteiger partial charge in [0, 0.05) is 5.92 Å². The number of allylic oxidation sites excluding steroid dienone is 1. The Morgan fingerprint density at radius 1 is 1.29 bits per heavy atom. The second-order valence-electron chi connectivity index (χ2n) is 9.08. The molecular weight excluding hydrogens is 312 g/mol. The topological polar surface area (TPSA) is 26.3 Å². The van der Waals surface area contributed by atoms with E-state index in [2.05, 4.69) is 46.9 Å². The second-order valence-corrected chi connectivity index (χ2v) is 13.8. The average molecular weight is 353 g/mol. The van der Waals surface area contributed by atoms with Crippen molar-refractivity contribution in [2.24, 2.45) is 5.92 Å². The van der Waals surface area contributed by atoms with Crippen molar-refractivity contribution in [2.75, 3.05) is 0 Å². The number of carbonyl (C=O) groups excluding carboxylic acids is 1. The molecule has 0 fully saturated rings. The smallest absolute Gasteiger partial charge is 0.192 e. The third-order valence-corrected chi connectivity index (χ3v) is 10.5. The highest BCUT2D eigenvalue weighted by atomic mass is 28.4. The third-order valence-electron chi connectivity index (χ3n) is 6.00. The van der Waals surface area contributed by atoms with Crippen LogP contribution in [0.4, 0.5) is 0 Å². The molecule has 0 bridgehead atoms. The monoisotopic (exact) mass is 352 g/mol. The molecule has 0 saturated carbocycles. The van der Waals surface area contributed by atoms with Crippen molar-refractivity contribution >= 4 is 14.1 Å². The van der Waals surface area contributed by atoms with Crippen molar-refractivity contribution in [3.05, 3.63) is 11.6 Å². The minimum atomic E-state index is -1.77. The largest absolute Gasteiger partial charge is 0.410 e. The maximum atomic E-state index is 11.6. The molecule has 2 nitrogen and oxygen atoms in total. The highest BCUT2D eigenvalue weighted by molar-refractivity contribution is 6.74. The molecule has 0 heterocycles. The number of carbonyl (C=O) groups is 1. The van der Waals surface area contributed by atoms with Crippen LogP contribution in [0.25, 0.3) is 0 Å². The summed E-state index contributed by atoms with van der Waals surface area (Å²) in [6.45, 7) is 15.6. The maximum Gasteiger partial charge on any atom is 0.192 e. The first kappa shape index (κ1) is 21.6. The van der Waals surface area contributed by atoms with Crippen LogP contribution in [0.2, 0.25) is 18.1 Å². The lowest BCUT2D eigenvalue weighted by Crippen LogP contribution is -2.44. The van der Waals surface area contributed by atoms with Crippen LogP contribution in [0.5, 0.6) is 0 Å². The van der Waals surface area contributed by atoms with E-state index in [4.69, 9.17) is 4.43 Å². The second kappa shape index (κ2) is 9.33. The van der Waals surface area contributed by atoms with Gasteiger partial charge in [-0.05, 0) is 56.3 Å². The molecule has 2 atom stereocenters. The van der Waals surface area contributed by atoms with Crippen molar-refractivity contribution in [3.63, 3.8) is 0 Å². The third kappa shape index (κ3) is 6.48. The lowest BCUT2D eigenvalue weighted by atomic mass is 9.84. The van der Waals surface area contributed by atoms with Crippen LogP contribution < -0.4 is 0 Å². The standard InChI is InChI=1S/C21H40O2Si/c1-8-9-10-11-12-20(23-24(6,7)21(3,4)5)19-15-13-18(14-16-19)17(2)22/h15,18,20H,8-14,16H2,1-7H3/t18-,20+/m1/s1. The van der Waals surface area contributed by atoms with Crippen LogP contribution in [0.3, 0.4) is 0 Å². The molecule has 24 heavy (non-hydrogen) atoms. The van der Waals surface area contributed by atoms with Crippen molar-refractivity contribution in [1.29, 1.82) is 0 Å². The normalized spacial score (nSPS) is 20.6. The van der Waals surface area contributed by atoms with Gasteiger partial charge in [0.1, 0.15) is 5.78 Å². The Morgan fingerprint density at radius 3 is 2.42 bits per heavy atom. The van der Waals surface area contributed by atoms with Crippen molar-refractivity contribution in [3.8, 4) is 0 Å². The molecule has 0 aliphatic heterocycles. The van der Waals surface area contributed by atoms with Crippen LogP contribution in [-0.4, -0.2) is 20.2 Å². The van der Waals surface area contributed by atoms with E-state index < -0.39 is 8.32 Å². The summed E-state index contributed by atoms with van der Waals surface area (Å²) in [6.07, 6.45) is 11.8. The molecule has 0 aromatic carbocycles. The lowest BCUT2D eigenvalue weighted by molar-refractivity contribution is -0.120. The molecule has 0 aromatic heterocycles. The molecule has 1 rings (SSSR count). The van der Waals surface area contributed by atoms with E-state index in [0.717, 1.165) is 25.7 Å². The van der Waals surface area contributed by atoms with Gasteiger partial charge in [-0.2, -0.15) is 0 Å². The molecule has 0 saturated heterocycles. The van der Waals surface area contributed by atoms with E-state index in [1.54, 1.807) is 6.92 Å². The molecule has 0 aromatic rings. The van der Waals surface area contributed by atoms with Gasteiger partial charge in [-0.1, -0.05) is 59.5 Å². The Labute approximate surface area is 151 Å². The summed E-state index contributed by atoms with van der Waals surface area (Å²) in [5.41, 5.74) is 1.47. The van der Waals surface area contributed by atoms with Crippen LogP contribution >= 0.6 is 0 Å². The van der Waals surface area contributed by atoms with Gasteiger partial charge in [0.15, 0.2) is 8.32 Å². The summed E-state index contributed by atoms with van der Waals surface area (Å²) >= 11 is 0. The predicted octanol–water partition coefficient (Wildman–Crippen LogP) is 6.66. The molecule has 0 spiro atoms. The summed E-state index contributed by atoms with van der Waals surface area (Å²) in [7, 11) is -1.77. The Balaban J connectivity index is 2.80. The number of hydrogen-bond donors (Lipinski definition) is 0. The number of hydrogen-bond acceptors (Lipinski definition) is 2. The zero-order chi connectivity index (χ0) is 18.4. The fourth-order valence-corrected chi connectivity index (χ4v) is 4.46. The lowest BCUT2D eigenvalue weighted by Gasteiger charge is -2.40. The predicted molar refractivity (Wildman–Crippen MR) is 107 cm³/mol. The summed E-state index contributed by atoms with van der Waals surface area (Å²) in [4.78, 5) is 11.6. The Hall–Kier alpha value is -0.413.